The van der Waals surface area contributed by atoms with Gasteiger partial charge in [0.25, 0.3) is 0 Å². The van der Waals surface area contributed by atoms with Crippen molar-refractivity contribution < 1.29 is 4.39 Å². The van der Waals surface area contributed by atoms with Crippen molar-refractivity contribution in [1.82, 2.24) is 5.43 Å². The van der Waals surface area contributed by atoms with Crippen LogP contribution in [0.1, 0.15) is 22.7 Å². The van der Waals surface area contributed by atoms with Gasteiger partial charge in [0.1, 0.15) is 5.82 Å². The Morgan fingerprint density at radius 3 is 2.56 bits per heavy atom. The largest absolute Gasteiger partial charge is 0.271 e. The summed E-state index contributed by atoms with van der Waals surface area (Å²) in [5.74, 6) is 5.31. The Balaban J connectivity index is 2.48. The van der Waals surface area contributed by atoms with E-state index in [1.807, 2.05) is 25.1 Å². The first kappa shape index (κ1) is 13.2. The van der Waals surface area contributed by atoms with E-state index in [-0.39, 0.29) is 11.9 Å². The number of halogens is 2. The van der Waals surface area contributed by atoms with Crippen LogP contribution in [0.3, 0.4) is 0 Å². The van der Waals surface area contributed by atoms with Crippen LogP contribution in [0.4, 0.5) is 4.39 Å². The molecule has 0 fully saturated rings. The molecule has 1 unspecified atom stereocenters. The molecule has 4 heteroatoms. The molecule has 0 amide bonds. The third kappa shape index (κ3) is 2.77. The van der Waals surface area contributed by atoms with Gasteiger partial charge >= 0.3 is 0 Å². The molecule has 2 rings (SSSR count). The number of nitrogens with one attached hydrogen (secondary N) is 1. The summed E-state index contributed by atoms with van der Waals surface area (Å²) >= 11 is 3.44. The first-order valence-corrected chi connectivity index (χ1v) is 6.39. The lowest BCUT2D eigenvalue weighted by Gasteiger charge is -2.18. The molecule has 0 aliphatic carbocycles. The minimum absolute atomic E-state index is 0.266. The van der Waals surface area contributed by atoms with Gasteiger partial charge in [-0.2, -0.15) is 0 Å². The first-order valence-electron chi connectivity index (χ1n) is 5.59. The summed E-state index contributed by atoms with van der Waals surface area (Å²) < 4.78 is 14.8. The highest BCUT2D eigenvalue weighted by molar-refractivity contribution is 9.10. The van der Waals surface area contributed by atoms with Crippen molar-refractivity contribution in [3.63, 3.8) is 0 Å². The highest BCUT2D eigenvalue weighted by atomic mass is 79.9. The van der Waals surface area contributed by atoms with E-state index in [0.717, 1.165) is 15.6 Å². The lowest BCUT2D eigenvalue weighted by Crippen LogP contribution is -2.29. The van der Waals surface area contributed by atoms with Crippen LogP contribution in [0.25, 0.3) is 0 Å². The van der Waals surface area contributed by atoms with Gasteiger partial charge in [-0.15, -0.1) is 0 Å². The Morgan fingerprint density at radius 2 is 1.94 bits per heavy atom. The van der Waals surface area contributed by atoms with Crippen molar-refractivity contribution in [3.8, 4) is 0 Å². The highest BCUT2D eigenvalue weighted by Gasteiger charge is 2.16. The van der Waals surface area contributed by atoms with Gasteiger partial charge in [-0.1, -0.05) is 40.2 Å². The molecule has 0 aromatic heterocycles. The number of benzene rings is 2. The van der Waals surface area contributed by atoms with Crippen LogP contribution in [-0.4, -0.2) is 0 Å². The Labute approximate surface area is 114 Å². The molecule has 0 aliphatic rings. The smallest absolute Gasteiger partial charge is 0.128 e. The van der Waals surface area contributed by atoms with E-state index in [1.165, 1.54) is 6.07 Å². The molecule has 0 heterocycles. The standard InChI is InChI=1S/C14H14BrFN2/c1-9-6-10(8-11(15)7-9)14(18-17)12-4-2-3-5-13(12)16/h2-8,14,18H,17H2,1H3. The maximum Gasteiger partial charge on any atom is 0.128 e. The summed E-state index contributed by atoms with van der Waals surface area (Å²) in [4.78, 5) is 0. The van der Waals surface area contributed by atoms with Crippen molar-refractivity contribution >= 4 is 15.9 Å². The van der Waals surface area contributed by atoms with Crippen LogP contribution >= 0.6 is 15.9 Å². The van der Waals surface area contributed by atoms with Gasteiger partial charge in [0.2, 0.25) is 0 Å². The van der Waals surface area contributed by atoms with Gasteiger partial charge in [0, 0.05) is 10.0 Å². The van der Waals surface area contributed by atoms with E-state index >= 15 is 0 Å². The molecular formula is C14H14BrFN2. The average molecular weight is 309 g/mol. The topological polar surface area (TPSA) is 38.0 Å². The second-order valence-electron chi connectivity index (χ2n) is 4.18. The summed E-state index contributed by atoms with van der Waals surface area (Å²) in [7, 11) is 0. The normalized spacial score (nSPS) is 12.4. The monoisotopic (exact) mass is 308 g/mol. The molecule has 94 valence electrons. The van der Waals surface area contributed by atoms with E-state index in [2.05, 4.69) is 21.4 Å². The Kier molecular flexibility index (Phi) is 4.11. The number of hydrogen-bond donors (Lipinski definition) is 2. The Morgan fingerprint density at radius 1 is 1.22 bits per heavy atom. The zero-order valence-corrected chi connectivity index (χ0v) is 11.5. The van der Waals surface area contributed by atoms with Crippen LogP contribution < -0.4 is 11.3 Å². The van der Waals surface area contributed by atoms with Gasteiger partial charge in [-0.05, 0) is 36.2 Å². The van der Waals surface area contributed by atoms with Crippen LogP contribution in [0.15, 0.2) is 46.9 Å². The zero-order valence-electron chi connectivity index (χ0n) is 9.95. The van der Waals surface area contributed by atoms with Crippen molar-refractivity contribution in [2.24, 2.45) is 5.84 Å². The fourth-order valence-corrected chi connectivity index (χ4v) is 2.63. The fraction of sp³-hybridized carbons (Fsp3) is 0.143. The molecule has 0 aliphatic heterocycles. The molecule has 0 spiro atoms. The zero-order chi connectivity index (χ0) is 13.1. The maximum absolute atomic E-state index is 13.8. The minimum atomic E-state index is -0.359. The molecule has 2 aromatic carbocycles. The third-order valence-corrected chi connectivity index (χ3v) is 3.24. The number of hydrogen-bond acceptors (Lipinski definition) is 2. The summed E-state index contributed by atoms with van der Waals surface area (Å²) in [6.45, 7) is 1.99. The number of rotatable bonds is 3. The third-order valence-electron chi connectivity index (χ3n) is 2.78. The quantitative estimate of drug-likeness (QED) is 0.673. The van der Waals surface area contributed by atoms with Gasteiger partial charge in [-0.3, -0.25) is 5.84 Å². The molecule has 0 saturated heterocycles. The minimum Gasteiger partial charge on any atom is -0.271 e. The number of hydrazine groups is 1. The summed E-state index contributed by atoms with van der Waals surface area (Å²) in [6, 6.07) is 12.2. The number of nitrogens with two attached hydrogens (primary N) is 1. The second kappa shape index (κ2) is 5.61. The van der Waals surface area contributed by atoms with E-state index in [1.54, 1.807) is 18.2 Å². The van der Waals surface area contributed by atoms with Crippen molar-refractivity contribution in [3.05, 3.63) is 69.4 Å². The van der Waals surface area contributed by atoms with Crippen LogP contribution in [-0.2, 0) is 0 Å². The molecule has 3 N–H and O–H groups in total. The van der Waals surface area contributed by atoms with Crippen molar-refractivity contribution in [1.29, 1.82) is 0 Å². The molecule has 2 aromatic rings. The van der Waals surface area contributed by atoms with Crippen molar-refractivity contribution in [2.75, 3.05) is 0 Å². The summed E-state index contributed by atoms with van der Waals surface area (Å²) in [5, 5.41) is 0. The van der Waals surface area contributed by atoms with Gasteiger partial charge in [0.05, 0.1) is 6.04 Å². The lowest BCUT2D eigenvalue weighted by molar-refractivity contribution is 0.560. The van der Waals surface area contributed by atoms with Crippen LogP contribution in [0.2, 0.25) is 0 Å². The average Bonchev–Trinajstić information content (AvgIpc) is 2.31. The molecule has 18 heavy (non-hydrogen) atoms. The highest BCUT2D eigenvalue weighted by Crippen LogP contribution is 2.26. The van der Waals surface area contributed by atoms with E-state index in [4.69, 9.17) is 5.84 Å². The molecule has 0 saturated carbocycles. The molecule has 2 nitrogen and oxygen atoms in total. The molecule has 0 bridgehead atoms. The fourth-order valence-electron chi connectivity index (χ4n) is 2.01. The predicted molar refractivity (Wildman–Crippen MR) is 74.4 cm³/mol. The van der Waals surface area contributed by atoms with Gasteiger partial charge < -0.3 is 0 Å². The lowest BCUT2D eigenvalue weighted by atomic mass is 9.97. The van der Waals surface area contributed by atoms with E-state index < -0.39 is 0 Å². The summed E-state index contributed by atoms with van der Waals surface area (Å²) in [6.07, 6.45) is 0. The van der Waals surface area contributed by atoms with Crippen LogP contribution in [0, 0.1) is 12.7 Å². The van der Waals surface area contributed by atoms with Gasteiger partial charge in [-0.25, -0.2) is 9.82 Å². The Bertz CT molecular complexity index is 537. The SMILES string of the molecule is Cc1cc(Br)cc(C(NN)c2ccccc2F)c1. The molecule has 1 atom stereocenters. The van der Waals surface area contributed by atoms with E-state index in [9.17, 15) is 4.39 Å². The second-order valence-corrected chi connectivity index (χ2v) is 5.10. The van der Waals surface area contributed by atoms with E-state index in [0.29, 0.717) is 5.56 Å². The summed E-state index contributed by atoms with van der Waals surface area (Å²) in [5.41, 5.74) is 5.23. The molecular weight excluding hydrogens is 295 g/mol. The Hall–Kier alpha value is -1.23. The first-order chi connectivity index (χ1) is 8.61. The predicted octanol–water partition coefficient (Wildman–Crippen LogP) is 3.45. The van der Waals surface area contributed by atoms with Gasteiger partial charge in [0.15, 0.2) is 0 Å². The molecule has 0 radical (unpaired) electrons. The number of aryl methyl sites for hydroxylation is 1. The maximum atomic E-state index is 13.8. The van der Waals surface area contributed by atoms with Crippen LogP contribution in [0.5, 0.6) is 0 Å². The van der Waals surface area contributed by atoms with Crippen molar-refractivity contribution in [2.45, 2.75) is 13.0 Å².